The minimum Gasteiger partial charge on any atom is -0.306 e. The summed E-state index contributed by atoms with van der Waals surface area (Å²) in [5.41, 5.74) is 5.61. The van der Waals surface area contributed by atoms with Crippen molar-refractivity contribution in [2.45, 2.75) is 11.3 Å². The lowest BCUT2D eigenvalue weighted by atomic mass is 9.92. The zero-order valence-corrected chi connectivity index (χ0v) is 13.5. The second-order valence-electron chi connectivity index (χ2n) is 5.63. The van der Waals surface area contributed by atoms with Crippen LogP contribution in [0, 0.1) is 0 Å². The minimum atomic E-state index is 0.961. The van der Waals surface area contributed by atoms with Crippen molar-refractivity contribution in [2.75, 3.05) is 26.4 Å². The molecule has 0 fully saturated rings. The van der Waals surface area contributed by atoms with Crippen molar-refractivity contribution in [3.05, 3.63) is 71.3 Å². The molecule has 3 rings (SSSR count). The lowest BCUT2D eigenvalue weighted by Crippen LogP contribution is -2.12. The Balaban J connectivity index is 2.16. The Bertz CT molecular complexity index is 609. The topological polar surface area (TPSA) is 3.24 Å². The van der Waals surface area contributed by atoms with Crippen LogP contribution >= 0.6 is 11.8 Å². The van der Waals surface area contributed by atoms with Gasteiger partial charge in [0.05, 0.1) is 0 Å². The third-order valence-electron chi connectivity index (χ3n) is 3.77. The number of hydrogen-bond acceptors (Lipinski definition) is 2. The van der Waals surface area contributed by atoms with Crippen LogP contribution in [-0.2, 0) is 6.42 Å². The summed E-state index contributed by atoms with van der Waals surface area (Å²) < 4.78 is 0. The van der Waals surface area contributed by atoms with Crippen molar-refractivity contribution in [2.24, 2.45) is 0 Å². The fourth-order valence-corrected chi connectivity index (χ4v) is 3.78. The molecule has 0 spiro atoms. The van der Waals surface area contributed by atoms with E-state index in [1.807, 2.05) is 11.8 Å². The van der Waals surface area contributed by atoms with Crippen LogP contribution in [0.3, 0.4) is 0 Å². The molecule has 2 aromatic carbocycles. The summed E-state index contributed by atoms with van der Waals surface area (Å²) in [5.74, 6) is 1.15. The van der Waals surface area contributed by atoms with Crippen LogP contribution in [0.1, 0.15) is 16.7 Å². The van der Waals surface area contributed by atoms with E-state index < -0.39 is 0 Å². The summed E-state index contributed by atoms with van der Waals surface area (Å²) in [6.45, 7) is 0.961. The number of thioether (sulfide) groups is 1. The number of nitrogens with zero attached hydrogens (tertiary/aromatic N) is 1. The van der Waals surface area contributed by atoms with Crippen LogP contribution in [0.2, 0.25) is 0 Å². The number of likely N-dealkylation sites (N-methyl/N-ethyl adjacent to an activating group) is 1. The highest BCUT2D eigenvalue weighted by Gasteiger charge is 2.16. The van der Waals surface area contributed by atoms with Gasteiger partial charge in [-0.05, 0) is 48.8 Å². The number of hydrogen-bond donors (Lipinski definition) is 0. The van der Waals surface area contributed by atoms with E-state index in [4.69, 9.17) is 0 Å². The molecule has 0 N–H and O–H groups in total. The van der Waals surface area contributed by atoms with Crippen LogP contribution in [0.5, 0.6) is 0 Å². The Morgan fingerprint density at radius 2 is 1.71 bits per heavy atom. The maximum atomic E-state index is 2.36. The van der Waals surface area contributed by atoms with Gasteiger partial charge in [-0.15, -0.1) is 11.8 Å². The monoisotopic (exact) mass is 295 g/mol. The summed E-state index contributed by atoms with van der Waals surface area (Å²) in [7, 11) is 4.24. The molecule has 1 aliphatic rings. The largest absolute Gasteiger partial charge is 0.306 e. The number of fused-ring (bicyclic) bond motifs is 2. The first-order valence-corrected chi connectivity index (χ1v) is 8.39. The molecule has 1 aliphatic heterocycles. The van der Waals surface area contributed by atoms with Gasteiger partial charge in [-0.2, -0.15) is 0 Å². The van der Waals surface area contributed by atoms with E-state index in [2.05, 4.69) is 73.6 Å². The quantitative estimate of drug-likeness (QED) is 0.811. The number of benzene rings is 2. The second-order valence-corrected chi connectivity index (χ2v) is 6.77. The molecule has 2 heteroatoms. The van der Waals surface area contributed by atoms with Gasteiger partial charge in [0.15, 0.2) is 0 Å². The second kappa shape index (κ2) is 6.50. The van der Waals surface area contributed by atoms with E-state index in [1.165, 1.54) is 27.2 Å². The summed E-state index contributed by atoms with van der Waals surface area (Å²) in [6.07, 6.45) is 3.50. The van der Waals surface area contributed by atoms with Crippen molar-refractivity contribution in [3.63, 3.8) is 0 Å². The van der Waals surface area contributed by atoms with Gasteiger partial charge >= 0.3 is 0 Å². The van der Waals surface area contributed by atoms with E-state index in [0.717, 1.165) is 18.7 Å². The van der Waals surface area contributed by atoms with Gasteiger partial charge in [-0.25, -0.2) is 0 Å². The van der Waals surface area contributed by atoms with Gasteiger partial charge in [0.1, 0.15) is 0 Å². The first-order chi connectivity index (χ1) is 10.3. The van der Waals surface area contributed by atoms with E-state index >= 15 is 0 Å². The molecule has 0 amide bonds. The molecule has 0 aliphatic carbocycles. The maximum absolute atomic E-state index is 2.36. The molecule has 0 saturated carbocycles. The smallest absolute Gasteiger partial charge is 0.0166 e. The lowest BCUT2D eigenvalue weighted by Gasteiger charge is -2.20. The standard InChI is InChI=1S/C19H21NS/c1-20(2)13-11-17-16-8-4-3-7-15(16)12-14-21-19-10-6-5-9-18(17)19/h3-11H,12-14H2,1-2H3. The third kappa shape index (κ3) is 3.22. The maximum Gasteiger partial charge on any atom is 0.0166 e. The molecule has 0 unspecified atom stereocenters. The van der Waals surface area contributed by atoms with E-state index in [1.54, 1.807) is 0 Å². The van der Waals surface area contributed by atoms with Crippen molar-refractivity contribution in [3.8, 4) is 0 Å². The molecule has 21 heavy (non-hydrogen) atoms. The first-order valence-electron chi connectivity index (χ1n) is 7.41. The van der Waals surface area contributed by atoms with Gasteiger partial charge in [0.25, 0.3) is 0 Å². The van der Waals surface area contributed by atoms with E-state index in [0.29, 0.717) is 0 Å². The number of rotatable bonds is 2. The van der Waals surface area contributed by atoms with Crippen LogP contribution in [0.15, 0.2) is 59.5 Å². The fourth-order valence-electron chi connectivity index (χ4n) is 2.73. The van der Waals surface area contributed by atoms with Gasteiger partial charge in [0.2, 0.25) is 0 Å². The first kappa shape index (κ1) is 14.4. The SMILES string of the molecule is CN(C)CC=C1c2ccccc2CCSc2ccccc21. The molecule has 108 valence electrons. The highest BCUT2D eigenvalue weighted by Crippen LogP contribution is 2.36. The molecule has 0 bridgehead atoms. The lowest BCUT2D eigenvalue weighted by molar-refractivity contribution is 0.457. The summed E-state index contributed by atoms with van der Waals surface area (Å²) in [5, 5.41) is 0. The summed E-state index contributed by atoms with van der Waals surface area (Å²) in [6, 6.07) is 17.6. The van der Waals surface area contributed by atoms with Crippen molar-refractivity contribution in [1.29, 1.82) is 0 Å². The van der Waals surface area contributed by atoms with Crippen LogP contribution in [-0.4, -0.2) is 31.3 Å². The predicted octanol–water partition coefficient (Wildman–Crippen LogP) is 4.33. The van der Waals surface area contributed by atoms with E-state index in [9.17, 15) is 0 Å². The molecule has 0 atom stereocenters. The Morgan fingerprint density at radius 1 is 1.00 bits per heavy atom. The van der Waals surface area contributed by atoms with Gasteiger partial charge < -0.3 is 4.90 Å². The average Bonchev–Trinajstić information content (AvgIpc) is 2.47. The van der Waals surface area contributed by atoms with Crippen LogP contribution in [0.25, 0.3) is 5.57 Å². The highest BCUT2D eigenvalue weighted by molar-refractivity contribution is 7.99. The fraction of sp³-hybridized carbons (Fsp3) is 0.263. The molecular weight excluding hydrogens is 274 g/mol. The van der Waals surface area contributed by atoms with Gasteiger partial charge in [0, 0.05) is 17.2 Å². The Kier molecular flexibility index (Phi) is 4.47. The van der Waals surface area contributed by atoms with Gasteiger partial charge in [-0.3, -0.25) is 0 Å². The Hall–Kier alpha value is -1.51. The molecule has 0 radical (unpaired) electrons. The van der Waals surface area contributed by atoms with Crippen LogP contribution < -0.4 is 0 Å². The zero-order valence-electron chi connectivity index (χ0n) is 12.7. The summed E-state index contributed by atoms with van der Waals surface area (Å²) in [4.78, 5) is 3.61. The van der Waals surface area contributed by atoms with Crippen molar-refractivity contribution >= 4 is 17.3 Å². The Labute approximate surface area is 131 Å². The molecule has 1 heterocycles. The molecule has 0 saturated heterocycles. The average molecular weight is 295 g/mol. The molecule has 2 aromatic rings. The predicted molar refractivity (Wildman–Crippen MR) is 92.9 cm³/mol. The Morgan fingerprint density at radius 3 is 2.52 bits per heavy atom. The van der Waals surface area contributed by atoms with E-state index in [-0.39, 0.29) is 0 Å². The molecule has 0 aromatic heterocycles. The summed E-state index contributed by atoms with van der Waals surface area (Å²) >= 11 is 1.97. The highest BCUT2D eigenvalue weighted by atomic mass is 32.2. The van der Waals surface area contributed by atoms with Gasteiger partial charge in [-0.1, -0.05) is 48.5 Å². The molecule has 1 nitrogen and oxygen atoms in total. The molecular formula is C19H21NS. The number of aryl methyl sites for hydroxylation is 1. The van der Waals surface area contributed by atoms with Crippen molar-refractivity contribution < 1.29 is 0 Å². The normalized spacial score (nSPS) is 16.2. The zero-order chi connectivity index (χ0) is 14.7. The van der Waals surface area contributed by atoms with Crippen LogP contribution in [0.4, 0.5) is 0 Å². The van der Waals surface area contributed by atoms with Crippen molar-refractivity contribution in [1.82, 2.24) is 4.90 Å². The minimum absolute atomic E-state index is 0.961. The third-order valence-corrected chi connectivity index (χ3v) is 4.85.